The van der Waals surface area contributed by atoms with Crippen LogP contribution in [0.5, 0.6) is 0 Å². The van der Waals surface area contributed by atoms with Crippen molar-refractivity contribution < 1.29 is 15.0 Å². The maximum Gasteiger partial charge on any atom is 0.249 e. The summed E-state index contributed by atoms with van der Waals surface area (Å²) in [4.78, 5) is 14.2. The zero-order valence-corrected chi connectivity index (χ0v) is 91.5. The Morgan fingerprint density at radius 1 is 0.168 bits per heavy atom. The number of hydrogen-bond donors (Lipinski definition) is 1. The van der Waals surface area contributed by atoms with Crippen molar-refractivity contribution in [2.75, 3.05) is 0 Å². The van der Waals surface area contributed by atoms with Crippen molar-refractivity contribution in [3.8, 4) is 0 Å². The minimum absolute atomic E-state index is 0.240. The van der Waals surface area contributed by atoms with Crippen LogP contribution in [0.15, 0.2) is 51.1 Å². The van der Waals surface area contributed by atoms with E-state index in [1.165, 1.54) is 636 Å². The number of rotatable bonds is 102. The van der Waals surface area contributed by atoms with Gasteiger partial charge in [0.05, 0.1) is 0 Å². The van der Waals surface area contributed by atoms with Crippen LogP contribution in [0.3, 0.4) is 0 Å². The largest absolute Gasteiger partial charge is 0.565 e. The highest BCUT2D eigenvalue weighted by Crippen LogP contribution is 2.47. The van der Waals surface area contributed by atoms with Gasteiger partial charge in [-0.25, -0.2) is 0 Å². The van der Waals surface area contributed by atoms with Crippen LogP contribution >= 0.6 is 0 Å². The van der Waals surface area contributed by atoms with Crippen molar-refractivity contribution in [2.45, 2.75) is 713 Å². The van der Waals surface area contributed by atoms with Gasteiger partial charge >= 0.3 is 0 Å². The van der Waals surface area contributed by atoms with E-state index in [-0.39, 0.29) is 10.9 Å². The molecule has 0 amide bonds. The Hall–Kier alpha value is -2.72. The van der Waals surface area contributed by atoms with E-state index in [0.717, 1.165) is 0 Å². The molecule has 0 aliphatic rings. The molecule has 0 saturated heterocycles. The van der Waals surface area contributed by atoms with E-state index in [1.54, 1.807) is 16.7 Å². The molecule has 3 nitrogen and oxygen atoms in total. The number of hydrogen-bond acceptors (Lipinski definition) is 2. The highest BCUT2D eigenvalue weighted by atomic mass is 32.2. The van der Waals surface area contributed by atoms with Crippen LogP contribution in [0.1, 0.15) is 690 Å². The average Bonchev–Trinajstić information content (AvgIpc) is 0.740. The summed E-state index contributed by atoms with van der Waals surface area (Å²) in [6, 6.07) is 18.0. The van der Waals surface area contributed by atoms with Gasteiger partial charge in [-0.1, -0.05) is 619 Å². The quantitative estimate of drug-likeness (QED) is 0.0453. The van der Waals surface area contributed by atoms with Crippen LogP contribution in [-0.2, 0) is 68.7 Å². The van der Waals surface area contributed by atoms with Crippen LogP contribution in [0, 0.1) is 0 Å². The van der Waals surface area contributed by atoms with Gasteiger partial charge in [0.15, 0.2) is 14.7 Å². The molecule has 4 heteroatoms. The van der Waals surface area contributed by atoms with Crippen molar-refractivity contribution in [1.29, 1.82) is 0 Å². The predicted octanol–water partition coefficient (Wildman–Crippen LogP) is 43.8. The maximum absolute atomic E-state index is 8.44. The first-order chi connectivity index (χ1) is 64.7. The summed E-state index contributed by atoms with van der Waals surface area (Å²) in [6.07, 6.45) is 136. The van der Waals surface area contributed by atoms with Gasteiger partial charge in [-0.05, 0) is 132 Å². The molecule has 0 saturated carbocycles. The smallest absolute Gasteiger partial charge is 0.249 e. The van der Waals surface area contributed by atoms with Crippen LogP contribution in [-0.4, -0.2) is 11.3 Å². The van der Waals surface area contributed by atoms with Gasteiger partial charge in [0.2, 0.25) is 6.16 Å². The van der Waals surface area contributed by atoms with E-state index in [0.29, 0.717) is 0 Å². The van der Waals surface area contributed by atoms with Gasteiger partial charge in [-0.3, -0.25) is 0 Å². The monoisotopic (exact) mass is 1840 g/mol. The van der Waals surface area contributed by atoms with Crippen molar-refractivity contribution >= 4 is 17.1 Å². The molecule has 0 aliphatic carbocycles. The Kier molecular flexibility index (Phi) is 92.5. The molecule has 0 heterocycles. The van der Waals surface area contributed by atoms with Crippen LogP contribution in [0.25, 0.3) is 0 Å². The Morgan fingerprint density at radius 3 is 0.351 bits per heavy atom. The molecule has 3 aromatic rings. The molecule has 3 aromatic carbocycles. The maximum atomic E-state index is 8.44. The van der Waals surface area contributed by atoms with E-state index in [4.69, 9.17) is 15.0 Å². The normalized spacial score (nSPS) is 11.7. The second kappa shape index (κ2) is 97.5. The summed E-state index contributed by atoms with van der Waals surface area (Å²) in [7, 11) is -0.240. The first kappa shape index (κ1) is 124. The lowest BCUT2D eigenvalue weighted by Gasteiger charge is -2.26. The summed E-state index contributed by atoms with van der Waals surface area (Å²) in [5.74, 6) is 0. The van der Waals surface area contributed by atoms with E-state index < -0.39 is 6.16 Å². The number of unbranched alkanes of at least 4 members (excludes halogenated alkanes) is 81. The number of carbonyl (C=O) groups is 1. The van der Waals surface area contributed by atoms with Gasteiger partial charge in [0.1, 0.15) is 10.9 Å². The Balaban J connectivity index is 0.0000142. The molecule has 0 atom stereocenters. The molecule has 0 spiro atoms. The van der Waals surface area contributed by atoms with Gasteiger partial charge < -0.3 is 15.0 Å². The minimum Gasteiger partial charge on any atom is -0.565 e. The fourth-order valence-electron chi connectivity index (χ4n) is 21.4. The zero-order chi connectivity index (χ0) is 94.3. The second-order valence-corrected chi connectivity index (χ2v) is 44.5. The van der Waals surface area contributed by atoms with Gasteiger partial charge in [-0.15, -0.1) is 0 Å². The fraction of sp³-hybridized carbons (Fsp3) is 0.850. The Morgan fingerprint density at radius 2 is 0.252 bits per heavy atom. The second-order valence-electron chi connectivity index (χ2n) is 42.7. The topological polar surface area (TPSA) is 60.4 Å². The third-order valence-corrected chi connectivity index (χ3v) is 32.6. The molecule has 0 aliphatic heterocycles. The molecule has 0 radical (unpaired) electrons. The first-order valence-electron chi connectivity index (χ1n) is 60.8. The molecule has 3 rings (SSSR count). The van der Waals surface area contributed by atoms with Gasteiger partial charge in [0, 0.05) is 33.4 Å². The third kappa shape index (κ3) is 73.1. The fourth-order valence-corrected chi connectivity index (χ4v) is 24.5. The molecule has 0 fully saturated rings. The van der Waals surface area contributed by atoms with Crippen molar-refractivity contribution in [3.63, 3.8) is 0 Å². The summed E-state index contributed by atoms with van der Waals surface area (Å²) < 4.78 is 0. The molecule has 0 unspecified atom stereocenters. The van der Waals surface area contributed by atoms with Crippen molar-refractivity contribution in [3.05, 3.63) is 86.5 Å². The van der Waals surface area contributed by atoms with Crippen molar-refractivity contribution in [2.24, 2.45) is 0 Å². The SMILES string of the molecule is CCCCCCCCCCCCc1cc(CCCCCCCCCCCC)c([S+](c2c(CCCCCCCCCCCC)cc(CCCCCCCCCCCC)cc2CCCCCCCCCCCC)c2c(CCCCCCCCCCCC)cc(CCCCCCCCCCCC)cc2CCCCCCCCCCCC)c(CCCCCCCCCCCC)c1.O=C([O-])O. The molecular weight excluding hydrogens is 1610 g/mol. The predicted molar refractivity (Wildman–Crippen MR) is 589 cm³/mol. The van der Waals surface area contributed by atoms with Crippen LogP contribution in [0.2, 0.25) is 0 Å². The summed E-state index contributed by atoms with van der Waals surface area (Å²) >= 11 is 0. The van der Waals surface area contributed by atoms with Crippen molar-refractivity contribution in [1.82, 2.24) is 0 Å². The lowest BCUT2D eigenvalue weighted by atomic mass is 9.94. The van der Waals surface area contributed by atoms with Gasteiger partial charge in [-0.2, -0.15) is 0 Å². The highest BCUT2D eigenvalue weighted by molar-refractivity contribution is 7.97. The summed E-state index contributed by atoms with van der Waals surface area (Å²) in [5.41, 5.74) is 16.2. The third-order valence-electron chi connectivity index (χ3n) is 29.8. The number of carboxylic acid groups (broad SMARTS) is 2. The minimum atomic E-state index is -2.08. The lowest BCUT2D eigenvalue weighted by molar-refractivity contribution is -0.275. The molecule has 0 aromatic heterocycles. The average molecular weight is 1840 g/mol. The van der Waals surface area contributed by atoms with E-state index in [1.807, 2.05) is 48.1 Å². The highest BCUT2D eigenvalue weighted by Gasteiger charge is 2.42. The number of benzene rings is 3. The molecular formula is C127H232O3S. The standard InChI is InChI=1S/C126H231S.CH2O3/c1-10-19-28-37-46-55-64-73-82-91-100-115-109-118(103-94-85-76-67-58-49-40-31-22-13-4)124(119(110-115)104-95-86-77-68-59-50-41-32-23-14-5)127(125-120(105-96-87-78-69-60-51-42-33-24-15-6)111-116(101-92-83-74-65-56-47-38-29-20-11-2)112-121(125)106-97-88-79-70-61-52-43-34-25-16-7)126-122(107-98-89-80-71-62-53-44-35-26-17-8)113-117(102-93-84-75-66-57-48-39-30-21-12-3)114-123(126)108-99-90-81-72-63-54-45-36-27-18-9;2-1(3)4/h109-114H,10-108H2,1-9H3;(H2,2,3,4)/q+1;/p-1. The first-order valence-corrected chi connectivity index (χ1v) is 62.0. The molecule has 1 N–H and O–H groups in total. The van der Waals surface area contributed by atoms with Gasteiger partial charge in [0.25, 0.3) is 0 Å². The van der Waals surface area contributed by atoms with E-state index in [2.05, 4.69) is 98.7 Å². The summed E-state index contributed by atoms with van der Waals surface area (Å²) in [5, 5.41) is 15.3. The Labute approximate surface area is 825 Å². The Bertz CT molecular complexity index is 2430. The number of aryl methyl sites for hydroxylation is 9. The lowest BCUT2D eigenvalue weighted by Crippen LogP contribution is -2.20. The van der Waals surface area contributed by atoms with E-state index in [9.17, 15) is 0 Å². The zero-order valence-electron chi connectivity index (χ0n) is 90.6. The van der Waals surface area contributed by atoms with Crippen LogP contribution < -0.4 is 5.11 Å². The van der Waals surface area contributed by atoms with Crippen LogP contribution in [0.4, 0.5) is 4.79 Å². The summed E-state index contributed by atoms with van der Waals surface area (Å²) in [6.45, 7) is 21.5. The molecule has 131 heavy (non-hydrogen) atoms. The molecule has 764 valence electrons. The molecule has 0 bridgehead atoms. The van der Waals surface area contributed by atoms with E-state index >= 15 is 0 Å².